The zero-order valence-corrected chi connectivity index (χ0v) is 21.7. The van der Waals surface area contributed by atoms with Crippen LogP contribution in [0.5, 0.6) is 0 Å². The molecule has 0 bridgehead atoms. The van der Waals surface area contributed by atoms with E-state index in [2.05, 4.69) is 20.3 Å². The van der Waals surface area contributed by atoms with E-state index in [0.29, 0.717) is 58.4 Å². The minimum Gasteiger partial charge on any atom is -0.328 e. The predicted octanol–water partition coefficient (Wildman–Crippen LogP) is 5.57. The van der Waals surface area contributed by atoms with Crippen LogP contribution in [0.15, 0.2) is 53.9 Å². The standard InChI is InChI=1S/C25H18Cl2FN7OS/c1-33-21(11-19(32-33)15-4-7-17(26)18(27)10-15)25(36)34-8-9-35-22(12-34)30-31-23(35)20-13-37-24(29-20)14-2-5-16(28)6-3-14/h2-7,10-11,13H,8-9,12H2,1H3. The molecule has 8 nitrogen and oxygen atoms in total. The van der Waals surface area contributed by atoms with Gasteiger partial charge >= 0.3 is 0 Å². The maximum absolute atomic E-state index is 13.4. The summed E-state index contributed by atoms with van der Waals surface area (Å²) in [6.07, 6.45) is 0. The van der Waals surface area contributed by atoms with Crippen LogP contribution in [0.25, 0.3) is 33.3 Å². The summed E-state index contributed by atoms with van der Waals surface area (Å²) in [7, 11) is 1.74. The number of carbonyl (C=O) groups excluding carboxylic acids is 1. The van der Waals surface area contributed by atoms with Crippen LogP contribution in [0.3, 0.4) is 0 Å². The van der Waals surface area contributed by atoms with E-state index in [0.717, 1.165) is 16.1 Å². The number of aromatic nitrogens is 6. The Kier molecular flexibility index (Phi) is 6.02. The van der Waals surface area contributed by atoms with Gasteiger partial charge in [-0.1, -0.05) is 29.3 Å². The van der Waals surface area contributed by atoms with Crippen LogP contribution in [-0.2, 0) is 20.1 Å². The van der Waals surface area contributed by atoms with Crippen LogP contribution in [0, 0.1) is 5.82 Å². The zero-order valence-electron chi connectivity index (χ0n) is 19.4. The molecular formula is C25H18Cl2FN7OS. The first kappa shape index (κ1) is 23.8. The van der Waals surface area contributed by atoms with Crippen LogP contribution in [0.2, 0.25) is 10.0 Å². The number of hydrogen-bond donors (Lipinski definition) is 0. The van der Waals surface area contributed by atoms with E-state index in [1.807, 2.05) is 16.0 Å². The van der Waals surface area contributed by atoms with E-state index < -0.39 is 0 Å². The molecule has 2 aromatic carbocycles. The Morgan fingerprint density at radius 2 is 1.76 bits per heavy atom. The molecule has 1 amide bonds. The third kappa shape index (κ3) is 4.41. The normalized spacial score (nSPS) is 13.1. The van der Waals surface area contributed by atoms with Crippen LogP contribution in [0.4, 0.5) is 4.39 Å². The highest BCUT2D eigenvalue weighted by Crippen LogP contribution is 2.31. The summed E-state index contributed by atoms with van der Waals surface area (Å²) in [5.41, 5.74) is 3.39. The smallest absolute Gasteiger partial charge is 0.272 e. The predicted molar refractivity (Wildman–Crippen MR) is 140 cm³/mol. The van der Waals surface area contributed by atoms with Gasteiger partial charge in [0.25, 0.3) is 5.91 Å². The molecule has 37 heavy (non-hydrogen) atoms. The first-order chi connectivity index (χ1) is 17.9. The van der Waals surface area contributed by atoms with Crippen molar-refractivity contribution >= 4 is 40.4 Å². The lowest BCUT2D eigenvalue weighted by Crippen LogP contribution is -2.39. The minimum absolute atomic E-state index is 0.149. The lowest BCUT2D eigenvalue weighted by atomic mass is 10.1. The average Bonchev–Trinajstić information content (AvgIpc) is 3.63. The number of halogens is 3. The molecule has 1 aliphatic rings. The maximum atomic E-state index is 13.4. The van der Waals surface area contributed by atoms with Crippen molar-refractivity contribution < 1.29 is 9.18 Å². The quantitative estimate of drug-likeness (QED) is 0.290. The number of rotatable bonds is 4. The molecule has 0 fully saturated rings. The molecular weight excluding hydrogens is 536 g/mol. The highest BCUT2D eigenvalue weighted by atomic mass is 35.5. The van der Waals surface area contributed by atoms with Gasteiger partial charge in [0.1, 0.15) is 22.2 Å². The number of amides is 1. The Morgan fingerprint density at radius 1 is 0.973 bits per heavy atom. The highest BCUT2D eigenvalue weighted by molar-refractivity contribution is 7.13. The van der Waals surface area contributed by atoms with Gasteiger partial charge in [-0.15, -0.1) is 21.5 Å². The average molecular weight is 554 g/mol. The maximum Gasteiger partial charge on any atom is 0.272 e. The molecule has 0 spiro atoms. The second-order valence-electron chi connectivity index (χ2n) is 8.53. The van der Waals surface area contributed by atoms with Crippen LogP contribution in [0.1, 0.15) is 16.3 Å². The minimum atomic E-state index is -0.289. The molecule has 0 radical (unpaired) electrons. The van der Waals surface area contributed by atoms with Crippen LogP contribution in [-0.4, -0.2) is 46.9 Å². The molecule has 0 atom stereocenters. The number of carbonyl (C=O) groups is 1. The van der Waals surface area contributed by atoms with Gasteiger partial charge in [0.15, 0.2) is 11.6 Å². The van der Waals surface area contributed by atoms with Crippen LogP contribution >= 0.6 is 34.5 Å². The zero-order chi connectivity index (χ0) is 25.7. The summed E-state index contributed by atoms with van der Waals surface area (Å²) in [4.78, 5) is 19.8. The third-order valence-electron chi connectivity index (χ3n) is 6.18. The molecule has 0 aliphatic carbocycles. The largest absolute Gasteiger partial charge is 0.328 e. The van der Waals surface area contributed by atoms with E-state index in [4.69, 9.17) is 23.2 Å². The number of thiazole rings is 1. The molecule has 6 rings (SSSR count). The van der Waals surface area contributed by atoms with Crippen molar-refractivity contribution in [3.05, 3.63) is 81.3 Å². The molecule has 0 saturated heterocycles. The molecule has 0 unspecified atom stereocenters. The Hall–Kier alpha value is -3.60. The second kappa shape index (κ2) is 9.37. The Bertz CT molecular complexity index is 1640. The van der Waals surface area contributed by atoms with Gasteiger partial charge in [0.2, 0.25) is 0 Å². The van der Waals surface area contributed by atoms with Gasteiger partial charge in [0, 0.05) is 36.6 Å². The first-order valence-electron chi connectivity index (χ1n) is 11.3. The van der Waals surface area contributed by atoms with Crippen molar-refractivity contribution in [2.24, 2.45) is 7.05 Å². The molecule has 186 valence electrons. The Labute approximate surface area is 224 Å². The molecule has 3 aromatic heterocycles. The lowest BCUT2D eigenvalue weighted by Gasteiger charge is -2.27. The number of nitrogens with zero attached hydrogens (tertiary/aromatic N) is 7. The van der Waals surface area contributed by atoms with Crippen LogP contribution < -0.4 is 0 Å². The molecule has 1 aliphatic heterocycles. The third-order valence-corrected chi connectivity index (χ3v) is 7.81. The van der Waals surface area contributed by atoms with Gasteiger partial charge in [-0.2, -0.15) is 5.10 Å². The second-order valence-corrected chi connectivity index (χ2v) is 10.2. The van der Waals surface area contributed by atoms with Crippen molar-refractivity contribution in [2.45, 2.75) is 13.1 Å². The molecule has 0 N–H and O–H groups in total. The van der Waals surface area contributed by atoms with E-state index in [-0.39, 0.29) is 11.7 Å². The number of fused-ring (bicyclic) bond motifs is 1. The van der Waals surface area contributed by atoms with Crippen molar-refractivity contribution in [2.75, 3.05) is 6.54 Å². The molecule has 0 saturated carbocycles. The number of aryl methyl sites for hydroxylation is 1. The summed E-state index contributed by atoms with van der Waals surface area (Å²) >= 11 is 13.6. The molecule has 12 heteroatoms. The van der Waals surface area contributed by atoms with Crippen molar-refractivity contribution in [3.63, 3.8) is 0 Å². The van der Waals surface area contributed by atoms with E-state index in [9.17, 15) is 9.18 Å². The monoisotopic (exact) mass is 553 g/mol. The van der Waals surface area contributed by atoms with Gasteiger partial charge < -0.3 is 9.47 Å². The summed E-state index contributed by atoms with van der Waals surface area (Å²) < 4.78 is 16.8. The highest BCUT2D eigenvalue weighted by Gasteiger charge is 2.28. The van der Waals surface area contributed by atoms with Gasteiger partial charge in [-0.05, 0) is 42.5 Å². The lowest BCUT2D eigenvalue weighted by molar-refractivity contribution is 0.0696. The summed E-state index contributed by atoms with van der Waals surface area (Å²) in [6.45, 7) is 1.33. The van der Waals surface area contributed by atoms with E-state index in [1.54, 1.807) is 47.0 Å². The SMILES string of the molecule is Cn1nc(-c2ccc(Cl)c(Cl)c2)cc1C(=O)N1CCn2c(nnc2-c2csc(-c3ccc(F)cc3)n2)C1. The van der Waals surface area contributed by atoms with E-state index in [1.165, 1.54) is 23.5 Å². The fourth-order valence-corrected chi connectivity index (χ4v) is 5.35. The first-order valence-corrected chi connectivity index (χ1v) is 12.9. The van der Waals surface area contributed by atoms with E-state index >= 15 is 0 Å². The molecule has 5 aromatic rings. The summed E-state index contributed by atoms with van der Waals surface area (Å²) in [6, 6.07) is 13.2. The number of benzene rings is 2. The van der Waals surface area contributed by atoms with Crippen molar-refractivity contribution in [1.29, 1.82) is 0 Å². The summed E-state index contributed by atoms with van der Waals surface area (Å²) in [5.74, 6) is 0.888. The van der Waals surface area contributed by atoms with Crippen molar-refractivity contribution in [3.8, 4) is 33.3 Å². The fourth-order valence-electron chi connectivity index (χ4n) is 4.25. The summed E-state index contributed by atoms with van der Waals surface area (Å²) in [5, 5.41) is 16.7. The van der Waals surface area contributed by atoms with Gasteiger partial charge in [-0.25, -0.2) is 9.37 Å². The fraction of sp³-hybridized carbons (Fsp3) is 0.160. The number of hydrogen-bond acceptors (Lipinski definition) is 6. The van der Waals surface area contributed by atoms with Gasteiger partial charge in [-0.3, -0.25) is 9.48 Å². The Morgan fingerprint density at radius 3 is 2.54 bits per heavy atom. The molecule has 4 heterocycles. The Balaban J connectivity index is 1.22. The van der Waals surface area contributed by atoms with Gasteiger partial charge in [0.05, 0.1) is 22.3 Å². The van der Waals surface area contributed by atoms with Crippen molar-refractivity contribution in [1.82, 2.24) is 34.4 Å². The topological polar surface area (TPSA) is 81.7 Å².